The van der Waals surface area contributed by atoms with E-state index in [0.717, 1.165) is 0 Å². The summed E-state index contributed by atoms with van der Waals surface area (Å²) in [5.74, 6) is 0.685. The van der Waals surface area contributed by atoms with Crippen LogP contribution >= 0.6 is 0 Å². The number of furan rings is 1. The number of rotatable bonds is 6. The van der Waals surface area contributed by atoms with Gasteiger partial charge >= 0.3 is 6.03 Å². The molecule has 23 heavy (non-hydrogen) atoms. The largest absolute Gasteiger partial charge is 0.467 e. The van der Waals surface area contributed by atoms with Gasteiger partial charge in [0.1, 0.15) is 5.76 Å². The third-order valence-electron chi connectivity index (χ3n) is 3.24. The summed E-state index contributed by atoms with van der Waals surface area (Å²) in [4.78, 5) is 13.7. The Hall–Kier alpha value is -2.32. The molecule has 2 aromatic rings. The molecule has 2 amide bonds. The summed E-state index contributed by atoms with van der Waals surface area (Å²) in [6.07, 6.45) is 1.55. The number of urea groups is 1. The minimum Gasteiger partial charge on any atom is -0.467 e. The first-order chi connectivity index (χ1) is 10.9. The zero-order chi connectivity index (χ0) is 16.9. The van der Waals surface area contributed by atoms with Gasteiger partial charge < -0.3 is 14.6 Å². The summed E-state index contributed by atoms with van der Waals surface area (Å²) < 4.78 is 31.0. The Kier molecular flexibility index (Phi) is 5.41. The number of hydrogen-bond donors (Lipinski definition) is 2. The molecule has 0 saturated carbocycles. The van der Waals surface area contributed by atoms with E-state index in [0.29, 0.717) is 17.9 Å². The van der Waals surface area contributed by atoms with Crippen LogP contribution in [-0.2, 0) is 23.1 Å². The van der Waals surface area contributed by atoms with Crippen LogP contribution in [0.3, 0.4) is 0 Å². The van der Waals surface area contributed by atoms with Crippen LogP contribution in [0.25, 0.3) is 0 Å². The van der Waals surface area contributed by atoms with E-state index in [4.69, 9.17) is 4.42 Å². The van der Waals surface area contributed by atoms with E-state index in [-0.39, 0.29) is 17.5 Å². The Bertz CT molecular complexity index is 757. The van der Waals surface area contributed by atoms with Crippen molar-refractivity contribution in [2.75, 3.05) is 14.1 Å². The molecule has 124 valence electrons. The predicted octanol–water partition coefficient (Wildman–Crippen LogP) is 1.53. The molecule has 0 fully saturated rings. The summed E-state index contributed by atoms with van der Waals surface area (Å²) >= 11 is 0. The standard InChI is InChI=1S/C15H19N3O4S/c1-16-23(20,21)14-7-3-5-12(9-14)10-17-15(19)18(2)11-13-6-4-8-22-13/h3-9,16H,10-11H2,1-2H3,(H,17,19). The summed E-state index contributed by atoms with van der Waals surface area (Å²) in [5.41, 5.74) is 0.695. The van der Waals surface area contributed by atoms with Crippen LogP contribution in [0.2, 0.25) is 0 Å². The van der Waals surface area contributed by atoms with Crippen LogP contribution in [0.4, 0.5) is 4.79 Å². The summed E-state index contributed by atoms with van der Waals surface area (Å²) in [7, 11) is -0.488. The molecule has 0 radical (unpaired) electrons. The molecule has 2 rings (SSSR count). The normalized spacial score (nSPS) is 11.2. The van der Waals surface area contributed by atoms with E-state index in [1.54, 1.807) is 37.6 Å². The molecule has 0 bridgehead atoms. The highest BCUT2D eigenvalue weighted by Gasteiger charge is 2.13. The molecule has 0 aliphatic rings. The topological polar surface area (TPSA) is 91.7 Å². The lowest BCUT2D eigenvalue weighted by molar-refractivity contribution is 0.202. The first-order valence-corrected chi connectivity index (χ1v) is 8.44. The van der Waals surface area contributed by atoms with Crippen LogP contribution in [0.5, 0.6) is 0 Å². The van der Waals surface area contributed by atoms with Gasteiger partial charge in [-0.3, -0.25) is 0 Å². The van der Waals surface area contributed by atoms with Gasteiger partial charge in [0.05, 0.1) is 17.7 Å². The Morgan fingerprint density at radius 2 is 2.04 bits per heavy atom. The van der Waals surface area contributed by atoms with Crippen molar-refractivity contribution in [3.63, 3.8) is 0 Å². The fourth-order valence-electron chi connectivity index (χ4n) is 1.96. The van der Waals surface area contributed by atoms with Crippen molar-refractivity contribution >= 4 is 16.1 Å². The van der Waals surface area contributed by atoms with Gasteiger partial charge in [-0.2, -0.15) is 0 Å². The Balaban J connectivity index is 1.95. The Morgan fingerprint density at radius 3 is 2.70 bits per heavy atom. The minimum absolute atomic E-state index is 0.163. The molecule has 0 spiro atoms. The molecule has 0 saturated heterocycles. The molecule has 1 aromatic carbocycles. The van der Waals surface area contributed by atoms with Gasteiger partial charge in [-0.05, 0) is 36.9 Å². The highest BCUT2D eigenvalue weighted by atomic mass is 32.2. The molecule has 1 aromatic heterocycles. The second-order valence-corrected chi connectivity index (χ2v) is 6.84. The van der Waals surface area contributed by atoms with Gasteiger partial charge in [-0.15, -0.1) is 0 Å². The molecular formula is C15H19N3O4S. The van der Waals surface area contributed by atoms with Crippen LogP contribution in [-0.4, -0.2) is 33.4 Å². The van der Waals surface area contributed by atoms with Crippen LogP contribution in [0.1, 0.15) is 11.3 Å². The van der Waals surface area contributed by atoms with E-state index in [2.05, 4.69) is 10.0 Å². The molecule has 0 aliphatic carbocycles. The fraction of sp³-hybridized carbons (Fsp3) is 0.267. The van der Waals surface area contributed by atoms with E-state index in [1.165, 1.54) is 24.1 Å². The summed E-state index contributed by atoms with van der Waals surface area (Å²) in [5, 5.41) is 2.74. The van der Waals surface area contributed by atoms with Gasteiger partial charge in [-0.25, -0.2) is 17.9 Å². The average Bonchev–Trinajstić information content (AvgIpc) is 3.05. The minimum atomic E-state index is -3.50. The first kappa shape index (κ1) is 17.0. The lowest BCUT2D eigenvalue weighted by Crippen LogP contribution is -2.36. The lowest BCUT2D eigenvalue weighted by Gasteiger charge is -2.16. The van der Waals surface area contributed by atoms with Crippen LogP contribution in [0.15, 0.2) is 52.0 Å². The summed E-state index contributed by atoms with van der Waals surface area (Å²) in [6.45, 7) is 0.585. The number of carbonyl (C=O) groups excluding carboxylic acids is 1. The third kappa shape index (κ3) is 4.57. The van der Waals surface area contributed by atoms with Crippen LogP contribution in [0, 0.1) is 0 Å². The maximum absolute atomic E-state index is 12.0. The lowest BCUT2D eigenvalue weighted by atomic mass is 10.2. The van der Waals surface area contributed by atoms with Crippen molar-refractivity contribution in [1.29, 1.82) is 0 Å². The fourth-order valence-corrected chi connectivity index (χ4v) is 2.76. The zero-order valence-electron chi connectivity index (χ0n) is 12.9. The number of nitrogens with zero attached hydrogens (tertiary/aromatic N) is 1. The SMILES string of the molecule is CNS(=O)(=O)c1cccc(CNC(=O)N(C)Cc2ccco2)c1. The van der Waals surface area contributed by atoms with Crippen molar-refractivity contribution in [3.8, 4) is 0 Å². The smallest absolute Gasteiger partial charge is 0.317 e. The monoisotopic (exact) mass is 337 g/mol. The van der Waals surface area contributed by atoms with E-state index >= 15 is 0 Å². The molecule has 8 heteroatoms. The van der Waals surface area contributed by atoms with Gasteiger partial charge in [0.25, 0.3) is 0 Å². The quantitative estimate of drug-likeness (QED) is 0.836. The third-order valence-corrected chi connectivity index (χ3v) is 4.65. The molecule has 1 heterocycles. The Morgan fingerprint density at radius 1 is 1.26 bits per heavy atom. The highest BCUT2D eigenvalue weighted by molar-refractivity contribution is 7.89. The van der Waals surface area contributed by atoms with Gasteiger partial charge in [0.2, 0.25) is 10.0 Å². The molecule has 0 aliphatic heterocycles. The van der Waals surface area contributed by atoms with Crippen molar-refractivity contribution in [2.24, 2.45) is 0 Å². The number of benzene rings is 1. The average molecular weight is 337 g/mol. The van der Waals surface area contributed by atoms with Crippen LogP contribution < -0.4 is 10.0 Å². The van der Waals surface area contributed by atoms with Crippen molar-refractivity contribution in [2.45, 2.75) is 18.0 Å². The maximum Gasteiger partial charge on any atom is 0.317 e. The van der Waals surface area contributed by atoms with Crippen molar-refractivity contribution < 1.29 is 17.6 Å². The number of amides is 2. The highest BCUT2D eigenvalue weighted by Crippen LogP contribution is 2.11. The zero-order valence-corrected chi connectivity index (χ0v) is 13.8. The molecule has 2 N–H and O–H groups in total. The molecule has 0 atom stereocenters. The van der Waals surface area contributed by atoms with E-state index in [9.17, 15) is 13.2 Å². The van der Waals surface area contributed by atoms with Crippen molar-refractivity contribution in [1.82, 2.24) is 14.9 Å². The number of nitrogens with one attached hydrogen (secondary N) is 2. The maximum atomic E-state index is 12.0. The first-order valence-electron chi connectivity index (χ1n) is 6.96. The second kappa shape index (κ2) is 7.30. The number of carbonyl (C=O) groups is 1. The van der Waals surface area contributed by atoms with E-state index in [1.807, 2.05) is 0 Å². The molecular weight excluding hydrogens is 318 g/mol. The van der Waals surface area contributed by atoms with Gasteiger partial charge in [0.15, 0.2) is 0 Å². The summed E-state index contributed by atoms with van der Waals surface area (Å²) in [6, 6.07) is 9.69. The van der Waals surface area contributed by atoms with Gasteiger partial charge in [-0.1, -0.05) is 12.1 Å². The number of hydrogen-bond acceptors (Lipinski definition) is 4. The molecule has 7 nitrogen and oxygen atoms in total. The van der Waals surface area contributed by atoms with Crippen molar-refractivity contribution in [3.05, 3.63) is 54.0 Å². The van der Waals surface area contributed by atoms with Gasteiger partial charge in [0, 0.05) is 13.6 Å². The predicted molar refractivity (Wildman–Crippen MR) is 85.1 cm³/mol. The van der Waals surface area contributed by atoms with E-state index < -0.39 is 10.0 Å². The molecule has 0 unspecified atom stereocenters. The number of sulfonamides is 1. The second-order valence-electron chi connectivity index (χ2n) is 4.95. The Labute approximate surface area is 135 Å².